The van der Waals surface area contributed by atoms with Crippen molar-refractivity contribution in [2.75, 3.05) is 26.5 Å². The molecular formula is C22H27ClN4O4S. The lowest BCUT2D eigenvalue weighted by Crippen LogP contribution is -2.22. The van der Waals surface area contributed by atoms with E-state index in [0.29, 0.717) is 34.9 Å². The van der Waals surface area contributed by atoms with Gasteiger partial charge in [0.15, 0.2) is 0 Å². The van der Waals surface area contributed by atoms with E-state index < -0.39 is 10.0 Å². The number of imidazole rings is 1. The van der Waals surface area contributed by atoms with Crippen LogP contribution in [0.3, 0.4) is 0 Å². The number of hydrogen-bond acceptors (Lipinski definition) is 5. The van der Waals surface area contributed by atoms with E-state index in [9.17, 15) is 13.2 Å². The van der Waals surface area contributed by atoms with E-state index in [2.05, 4.69) is 10.3 Å². The van der Waals surface area contributed by atoms with Crippen LogP contribution in [0, 0.1) is 6.92 Å². The fourth-order valence-corrected chi connectivity index (χ4v) is 4.52. The lowest BCUT2D eigenvalue weighted by atomic mass is 10.2. The highest BCUT2D eigenvalue weighted by atomic mass is 35.5. The van der Waals surface area contributed by atoms with Gasteiger partial charge in [-0.3, -0.25) is 4.79 Å². The number of anilines is 1. The molecule has 172 valence electrons. The van der Waals surface area contributed by atoms with E-state index in [1.54, 1.807) is 30.3 Å². The van der Waals surface area contributed by atoms with Crippen LogP contribution in [0.25, 0.3) is 11.0 Å². The average molecular weight is 479 g/mol. The van der Waals surface area contributed by atoms with Crippen LogP contribution in [-0.2, 0) is 27.8 Å². The number of fused-ring (bicyclic) bond motifs is 1. The van der Waals surface area contributed by atoms with Crippen molar-refractivity contribution in [3.05, 3.63) is 46.7 Å². The number of amides is 1. The van der Waals surface area contributed by atoms with Gasteiger partial charge in [-0.1, -0.05) is 11.6 Å². The topological polar surface area (TPSA) is 93.5 Å². The molecule has 10 heteroatoms. The molecule has 0 saturated carbocycles. The largest absolute Gasteiger partial charge is 0.495 e. The number of halogens is 1. The summed E-state index contributed by atoms with van der Waals surface area (Å²) in [5.41, 5.74) is 2.80. The van der Waals surface area contributed by atoms with E-state index in [4.69, 9.17) is 16.3 Å². The number of methoxy groups -OCH3 is 1. The maximum Gasteiger partial charge on any atom is 0.242 e. The lowest BCUT2D eigenvalue weighted by molar-refractivity contribution is -0.116. The predicted octanol–water partition coefficient (Wildman–Crippen LogP) is 3.85. The zero-order valence-corrected chi connectivity index (χ0v) is 20.3. The van der Waals surface area contributed by atoms with Crippen molar-refractivity contribution in [2.24, 2.45) is 0 Å². The van der Waals surface area contributed by atoms with Gasteiger partial charge in [-0.2, -0.15) is 0 Å². The number of aromatic nitrogens is 2. The molecule has 0 atom stereocenters. The second-order valence-electron chi connectivity index (χ2n) is 7.56. The number of aryl methyl sites for hydroxylation is 3. The number of nitrogens with zero attached hydrogens (tertiary/aromatic N) is 3. The smallest absolute Gasteiger partial charge is 0.242 e. The van der Waals surface area contributed by atoms with Crippen molar-refractivity contribution in [3.63, 3.8) is 0 Å². The summed E-state index contributed by atoms with van der Waals surface area (Å²) in [6.07, 6.45) is 0.607. The van der Waals surface area contributed by atoms with Gasteiger partial charge in [0, 0.05) is 44.6 Å². The van der Waals surface area contributed by atoms with E-state index >= 15 is 0 Å². The van der Waals surface area contributed by atoms with E-state index in [1.807, 2.05) is 18.4 Å². The van der Waals surface area contributed by atoms with Crippen LogP contribution in [0.15, 0.2) is 35.2 Å². The third-order valence-electron chi connectivity index (χ3n) is 5.22. The number of hydrogen-bond donors (Lipinski definition) is 1. The fraction of sp³-hybridized carbons (Fsp3) is 0.364. The first-order valence-corrected chi connectivity index (χ1v) is 12.0. The van der Waals surface area contributed by atoms with Crippen molar-refractivity contribution < 1.29 is 17.9 Å². The van der Waals surface area contributed by atoms with Crippen LogP contribution in [0.2, 0.25) is 5.02 Å². The second-order valence-corrected chi connectivity index (χ2v) is 10.1. The predicted molar refractivity (Wildman–Crippen MR) is 126 cm³/mol. The summed E-state index contributed by atoms with van der Waals surface area (Å²) in [5.74, 6) is 1.02. The highest BCUT2D eigenvalue weighted by Gasteiger charge is 2.20. The van der Waals surface area contributed by atoms with E-state index in [-0.39, 0.29) is 17.2 Å². The Morgan fingerprint density at radius 2 is 1.97 bits per heavy atom. The normalized spacial score (nSPS) is 11.8. The molecule has 1 amide bonds. The zero-order chi connectivity index (χ0) is 23.6. The van der Waals surface area contributed by atoms with Gasteiger partial charge >= 0.3 is 0 Å². The second kappa shape index (κ2) is 9.48. The third-order valence-corrected chi connectivity index (χ3v) is 7.44. The number of sulfonamides is 1. The SMILES string of the molecule is CCn1c(CCC(=O)Nc2cc(C)c(Cl)cc2OC)nc2cc(S(=O)(=O)N(C)C)ccc21. The van der Waals surface area contributed by atoms with Crippen molar-refractivity contribution in [1.82, 2.24) is 13.9 Å². The summed E-state index contributed by atoms with van der Waals surface area (Å²) in [6.45, 7) is 4.49. The average Bonchev–Trinajstić information content (AvgIpc) is 3.11. The number of nitrogens with one attached hydrogen (secondary N) is 1. The Morgan fingerprint density at radius 3 is 2.59 bits per heavy atom. The molecule has 0 radical (unpaired) electrons. The highest BCUT2D eigenvalue weighted by molar-refractivity contribution is 7.89. The van der Waals surface area contributed by atoms with Gasteiger partial charge in [-0.05, 0) is 43.7 Å². The molecule has 0 bridgehead atoms. The Bertz CT molecular complexity index is 1270. The quantitative estimate of drug-likeness (QED) is 0.530. The van der Waals surface area contributed by atoms with Crippen LogP contribution in [0.1, 0.15) is 24.7 Å². The van der Waals surface area contributed by atoms with Crippen LogP contribution in [-0.4, -0.2) is 49.4 Å². The maximum atomic E-state index is 12.6. The van der Waals surface area contributed by atoms with Gasteiger partial charge < -0.3 is 14.6 Å². The summed E-state index contributed by atoms with van der Waals surface area (Å²) in [5, 5.41) is 3.43. The number of carbonyl (C=O) groups is 1. The van der Waals surface area contributed by atoms with Crippen molar-refractivity contribution in [1.29, 1.82) is 0 Å². The lowest BCUT2D eigenvalue weighted by Gasteiger charge is -2.12. The van der Waals surface area contributed by atoms with Crippen molar-refractivity contribution in [2.45, 2.75) is 38.1 Å². The molecule has 0 spiro atoms. The minimum absolute atomic E-state index is 0.185. The Kier molecular flexibility index (Phi) is 7.12. The van der Waals surface area contributed by atoms with Gasteiger partial charge in [0.25, 0.3) is 0 Å². The van der Waals surface area contributed by atoms with Crippen LogP contribution in [0.5, 0.6) is 5.75 Å². The molecule has 1 aromatic heterocycles. The molecule has 0 fully saturated rings. The molecule has 0 saturated heterocycles. The van der Waals surface area contributed by atoms with Gasteiger partial charge in [0.05, 0.1) is 28.7 Å². The summed E-state index contributed by atoms with van der Waals surface area (Å²) < 4.78 is 33.4. The zero-order valence-electron chi connectivity index (χ0n) is 18.8. The fourth-order valence-electron chi connectivity index (χ4n) is 3.44. The number of benzene rings is 2. The molecular weight excluding hydrogens is 452 g/mol. The molecule has 0 unspecified atom stereocenters. The summed E-state index contributed by atoms with van der Waals surface area (Å²) >= 11 is 6.13. The third kappa shape index (κ3) is 4.74. The van der Waals surface area contributed by atoms with Gasteiger partial charge in [-0.25, -0.2) is 17.7 Å². The summed E-state index contributed by atoms with van der Waals surface area (Å²) in [4.78, 5) is 17.4. The molecule has 8 nitrogen and oxygen atoms in total. The van der Waals surface area contributed by atoms with E-state index in [0.717, 1.165) is 16.9 Å². The monoisotopic (exact) mass is 478 g/mol. The number of carbonyl (C=O) groups excluding carboxylic acids is 1. The minimum atomic E-state index is -3.55. The van der Waals surface area contributed by atoms with Crippen LogP contribution in [0.4, 0.5) is 5.69 Å². The number of rotatable bonds is 8. The molecule has 2 aromatic carbocycles. The molecule has 1 N–H and O–H groups in total. The Hall–Kier alpha value is -2.62. The van der Waals surface area contributed by atoms with Gasteiger partial charge in [0.2, 0.25) is 15.9 Å². The Balaban J connectivity index is 1.82. The van der Waals surface area contributed by atoms with Crippen molar-refractivity contribution >= 4 is 44.3 Å². The molecule has 3 rings (SSSR count). The molecule has 0 aliphatic carbocycles. The van der Waals surface area contributed by atoms with Gasteiger partial charge in [-0.15, -0.1) is 0 Å². The Morgan fingerprint density at radius 1 is 1.25 bits per heavy atom. The van der Waals surface area contributed by atoms with E-state index in [1.165, 1.54) is 25.5 Å². The first kappa shape index (κ1) is 24.0. The molecule has 0 aliphatic rings. The summed E-state index contributed by atoms with van der Waals surface area (Å²) in [7, 11) is 0.948. The molecule has 3 aromatic rings. The first-order chi connectivity index (χ1) is 15.1. The number of ether oxygens (including phenoxy) is 1. The van der Waals surface area contributed by atoms with Crippen LogP contribution >= 0.6 is 11.6 Å². The minimum Gasteiger partial charge on any atom is -0.495 e. The van der Waals surface area contributed by atoms with Gasteiger partial charge in [0.1, 0.15) is 11.6 Å². The van der Waals surface area contributed by atoms with Crippen LogP contribution < -0.4 is 10.1 Å². The Labute approximate surface area is 193 Å². The summed E-state index contributed by atoms with van der Waals surface area (Å²) in [6, 6.07) is 8.35. The standard InChI is InChI=1S/C22H27ClN4O4S/c1-6-27-19-8-7-15(32(29,30)26(3)4)12-17(19)24-21(27)9-10-22(28)25-18-11-14(2)16(23)13-20(18)31-5/h7-8,11-13H,6,9-10H2,1-5H3,(H,25,28). The molecule has 0 aliphatic heterocycles. The first-order valence-electron chi connectivity index (χ1n) is 10.1. The molecule has 32 heavy (non-hydrogen) atoms. The highest BCUT2D eigenvalue weighted by Crippen LogP contribution is 2.31. The maximum absolute atomic E-state index is 12.6. The van der Waals surface area contributed by atoms with Crippen molar-refractivity contribution in [3.8, 4) is 5.75 Å². The molecule has 1 heterocycles.